The number of benzene rings is 2. The quantitative estimate of drug-likeness (QED) is 0.876. The van der Waals surface area contributed by atoms with Crippen LogP contribution in [0.2, 0.25) is 0 Å². The first-order chi connectivity index (χ1) is 12.4. The molecule has 0 atom stereocenters. The molecule has 2 aromatic carbocycles. The summed E-state index contributed by atoms with van der Waals surface area (Å²) < 4.78 is 27.6. The molecule has 138 valence electrons. The first-order valence-corrected chi connectivity index (χ1v) is 10.3. The van der Waals surface area contributed by atoms with E-state index in [-0.39, 0.29) is 10.8 Å². The van der Waals surface area contributed by atoms with Crippen LogP contribution in [0.1, 0.15) is 36.2 Å². The average molecular weight is 372 g/mol. The van der Waals surface area contributed by atoms with Gasteiger partial charge >= 0.3 is 0 Å². The summed E-state index contributed by atoms with van der Waals surface area (Å²) in [7, 11) is -3.64. The summed E-state index contributed by atoms with van der Waals surface area (Å²) in [5, 5.41) is 2.83. The number of aryl methyl sites for hydroxylation is 1. The molecule has 0 fully saturated rings. The fourth-order valence-electron chi connectivity index (χ4n) is 3.05. The van der Waals surface area contributed by atoms with Crippen LogP contribution in [0.15, 0.2) is 53.4 Å². The highest BCUT2D eigenvalue weighted by molar-refractivity contribution is 7.92. The van der Waals surface area contributed by atoms with E-state index in [0.29, 0.717) is 24.6 Å². The lowest BCUT2D eigenvalue weighted by atomic mass is 10.0. The summed E-state index contributed by atoms with van der Waals surface area (Å²) in [5.41, 5.74) is 2.26. The molecule has 1 amide bonds. The third-order valence-corrected chi connectivity index (χ3v) is 6.27. The minimum absolute atomic E-state index is 0.189. The number of nitrogens with one attached hydrogen (secondary N) is 1. The highest BCUT2D eigenvalue weighted by Crippen LogP contribution is 2.31. The van der Waals surface area contributed by atoms with E-state index in [1.165, 1.54) is 16.4 Å². The van der Waals surface area contributed by atoms with Crippen molar-refractivity contribution in [2.24, 2.45) is 5.92 Å². The lowest BCUT2D eigenvalue weighted by molar-refractivity contribution is 0.0949. The zero-order valence-electron chi connectivity index (χ0n) is 15.1. The van der Waals surface area contributed by atoms with Crippen molar-refractivity contribution in [3.8, 4) is 0 Å². The number of nitrogens with zero attached hydrogens (tertiary/aromatic N) is 1. The predicted molar refractivity (Wildman–Crippen MR) is 103 cm³/mol. The van der Waals surface area contributed by atoms with Crippen molar-refractivity contribution in [3.05, 3.63) is 59.7 Å². The van der Waals surface area contributed by atoms with Crippen LogP contribution >= 0.6 is 0 Å². The minimum atomic E-state index is -3.64. The van der Waals surface area contributed by atoms with Gasteiger partial charge in [-0.15, -0.1) is 0 Å². The molecule has 1 heterocycles. The molecule has 0 aromatic heterocycles. The summed E-state index contributed by atoms with van der Waals surface area (Å²) in [4.78, 5) is 12.3. The standard InChI is InChI=1S/C20H24N2O3S/c1-15(2)14-21-20(23)17-9-11-18(12-10-17)26(24,25)22-13-5-7-16-6-3-4-8-19(16)22/h3-4,6,8-12,15H,5,7,13-14H2,1-2H3,(H,21,23). The third kappa shape index (κ3) is 3.75. The molecule has 0 radical (unpaired) electrons. The van der Waals surface area contributed by atoms with Gasteiger partial charge in [0.1, 0.15) is 0 Å². The minimum Gasteiger partial charge on any atom is -0.352 e. The van der Waals surface area contributed by atoms with Gasteiger partial charge in [0.15, 0.2) is 0 Å². The van der Waals surface area contributed by atoms with E-state index < -0.39 is 10.0 Å². The van der Waals surface area contributed by atoms with Gasteiger partial charge in [-0.3, -0.25) is 9.10 Å². The molecule has 0 saturated heterocycles. The molecule has 6 heteroatoms. The Kier molecular flexibility index (Phi) is 5.32. The number of fused-ring (bicyclic) bond motifs is 1. The molecule has 0 spiro atoms. The van der Waals surface area contributed by atoms with Crippen molar-refractivity contribution in [2.75, 3.05) is 17.4 Å². The Morgan fingerprint density at radius 2 is 1.81 bits per heavy atom. The summed E-state index contributed by atoms with van der Waals surface area (Å²) in [6, 6.07) is 13.8. The number of carbonyl (C=O) groups excluding carboxylic acids is 1. The largest absolute Gasteiger partial charge is 0.352 e. The van der Waals surface area contributed by atoms with Gasteiger partial charge in [-0.05, 0) is 54.7 Å². The van der Waals surface area contributed by atoms with E-state index in [1.54, 1.807) is 12.1 Å². The van der Waals surface area contributed by atoms with Crippen molar-refractivity contribution in [1.29, 1.82) is 0 Å². The summed E-state index contributed by atoms with van der Waals surface area (Å²) >= 11 is 0. The molecule has 1 N–H and O–H groups in total. The van der Waals surface area contributed by atoms with E-state index >= 15 is 0 Å². The number of anilines is 1. The van der Waals surface area contributed by atoms with Gasteiger partial charge in [0, 0.05) is 18.7 Å². The summed E-state index contributed by atoms with van der Waals surface area (Å²) in [6.07, 6.45) is 1.68. The maximum Gasteiger partial charge on any atom is 0.264 e. The molecule has 1 aliphatic rings. The molecular weight excluding hydrogens is 348 g/mol. The van der Waals surface area contributed by atoms with E-state index in [2.05, 4.69) is 5.32 Å². The predicted octanol–water partition coefficient (Wildman–Crippen LogP) is 3.21. The van der Waals surface area contributed by atoms with Crippen molar-refractivity contribution < 1.29 is 13.2 Å². The summed E-state index contributed by atoms with van der Waals surface area (Å²) in [5.74, 6) is 0.170. The smallest absolute Gasteiger partial charge is 0.264 e. The lowest BCUT2D eigenvalue weighted by Crippen LogP contribution is -2.35. The highest BCUT2D eigenvalue weighted by Gasteiger charge is 2.28. The summed E-state index contributed by atoms with van der Waals surface area (Å²) in [6.45, 7) is 5.10. The maximum atomic E-state index is 13.1. The van der Waals surface area contributed by atoms with Gasteiger partial charge in [-0.1, -0.05) is 32.0 Å². The van der Waals surface area contributed by atoms with E-state index in [4.69, 9.17) is 0 Å². The Bertz CT molecular complexity index is 890. The van der Waals surface area contributed by atoms with Crippen LogP contribution in [0.5, 0.6) is 0 Å². The molecule has 5 nitrogen and oxygen atoms in total. The van der Waals surface area contributed by atoms with Crippen molar-refractivity contribution in [2.45, 2.75) is 31.6 Å². The number of para-hydroxylation sites is 1. The zero-order valence-corrected chi connectivity index (χ0v) is 15.9. The van der Waals surface area contributed by atoms with Gasteiger partial charge in [0.2, 0.25) is 0 Å². The Morgan fingerprint density at radius 3 is 2.50 bits per heavy atom. The molecule has 26 heavy (non-hydrogen) atoms. The average Bonchev–Trinajstić information content (AvgIpc) is 2.65. The van der Waals surface area contributed by atoms with Gasteiger partial charge in [0.05, 0.1) is 10.6 Å². The van der Waals surface area contributed by atoms with Crippen LogP contribution in [0.3, 0.4) is 0 Å². The second-order valence-electron chi connectivity index (χ2n) is 6.94. The Morgan fingerprint density at radius 1 is 1.12 bits per heavy atom. The van der Waals surface area contributed by atoms with Crippen molar-refractivity contribution in [1.82, 2.24) is 5.32 Å². The van der Waals surface area contributed by atoms with Gasteiger partial charge < -0.3 is 5.32 Å². The molecular formula is C20H24N2O3S. The number of amides is 1. The molecule has 3 rings (SSSR count). The van der Waals surface area contributed by atoms with Crippen LogP contribution in [-0.4, -0.2) is 27.4 Å². The fourth-order valence-corrected chi connectivity index (χ4v) is 4.59. The number of hydrogen-bond donors (Lipinski definition) is 1. The van der Waals surface area contributed by atoms with Crippen LogP contribution in [0.4, 0.5) is 5.69 Å². The molecule has 0 aliphatic carbocycles. The van der Waals surface area contributed by atoms with Gasteiger partial charge in [-0.2, -0.15) is 0 Å². The number of sulfonamides is 1. The van der Waals surface area contributed by atoms with Crippen LogP contribution < -0.4 is 9.62 Å². The van der Waals surface area contributed by atoms with Crippen LogP contribution in [0.25, 0.3) is 0 Å². The van der Waals surface area contributed by atoms with E-state index in [1.807, 2.05) is 38.1 Å². The highest BCUT2D eigenvalue weighted by atomic mass is 32.2. The van der Waals surface area contributed by atoms with Gasteiger partial charge in [0.25, 0.3) is 15.9 Å². The first kappa shape index (κ1) is 18.5. The molecule has 0 bridgehead atoms. The third-order valence-electron chi connectivity index (χ3n) is 4.44. The number of carbonyl (C=O) groups is 1. The topological polar surface area (TPSA) is 66.5 Å². The second kappa shape index (κ2) is 7.50. The molecule has 0 unspecified atom stereocenters. The van der Waals surface area contributed by atoms with E-state index in [0.717, 1.165) is 24.1 Å². The van der Waals surface area contributed by atoms with Crippen molar-refractivity contribution in [3.63, 3.8) is 0 Å². The number of hydrogen-bond acceptors (Lipinski definition) is 3. The molecule has 1 aliphatic heterocycles. The second-order valence-corrected chi connectivity index (χ2v) is 8.80. The van der Waals surface area contributed by atoms with E-state index in [9.17, 15) is 13.2 Å². The molecule has 0 saturated carbocycles. The zero-order chi connectivity index (χ0) is 18.7. The maximum absolute atomic E-state index is 13.1. The first-order valence-electron chi connectivity index (χ1n) is 8.88. The van der Waals surface area contributed by atoms with Crippen molar-refractivity contribution >= 4 is 21.6 Å². The monoisotopic (exact) mass is 372 g/mol. The fraction of sp³-hybridized carbons (Fsp3) is 0.350. The van der Waals surface area contributed by atoms with Crippen LogP contribution in [0, 0.1) is 5.92 Å². The van der Waals surface area contributed by atoms with Gasteiger partial charge in [-0.25, -0.2) is 8.42 Å². The normalized spacial score (nSPS) is 14.2. The van der Waals surface area contributed by atoms with Crippen LogP contribution in [-0.2, 0) is 16.4 Å². The Labute approximate surface area is 155 Å². The number of rotatable bonds is 5. The SMILES string of the molecule is CC(C)CNC(=O)c1ccc(S(=O)(=O)N2CCCc3ccccc32)cc1. The molecule has 2 aromatic rings. The lowest BCUT2D eigenvalue weighted by Gasteiger charge is -2.30. The Hall–Kier alpha value is -2.34. The Balaban J connectivity index is 1.84.